The van der Waals surface area contributed by atoms with E-state index in [4.69, 9.17) is 9.84 Å². The molecule has 2 N–H and O–H groups in total. The highest BCUT2D eigenvalue weighted by Crippen LogP contribution is 2.02. The zero-order chi connectivity index (χ0) is 7.40. The molecule has 0 spiro atoms. The van der Waals surface area contributed by atoms with Gasteiger partial charge in [0.1, 0.15) is 6.61 Å². The zero-order valence-corrected chi connectivity index (χ0v) is 5.67. The van der Waals surface area contributed by atoms with Crippen LogP contribution in [0.4, 0.5) is 0 Å². The molecule has 10 heavy (non-hydrogen) atoms. The Bertz CT molecular complexity index is 120. The maximum absolute atomic E-state index is 10.6. The minimum absolute atomic E-state index is 0.111. The van der Waals surface area contributed by atoms with Gasteiger partial charge in [0.2, 0.25) is 5.91 Å². The molecule has 1 saturated heterocycles. The van der Waals surface area contributed by atoms with Crippen molar-refractivity contribution in [3.8, 4) is 0 Å². The summed E-state index contributed by atoms with van der Waals surface area (Å²) >= 11 is 0. The van der Waals surface area contributed by atoms with Gasteiger partial charge in [0.25, 0.3) is 0 Å². The van der Waals surface area contributed by atoms with Gasteiger partial charge in [-0.1, -0.05) is 0 Å². The van der Waals surface area contributed by atoms with Crippen LogP contribution in [0.25, 0.3) is 0 Å². The summed E-state index contributed by atoms with van der Waals surface area (Å²) in [4.78, 5) is 10.6. The summed E-state index contributed by atoms with van der Waals surface area (Å²) in [6.07, 6.45) is 0.853. The Morgan fingerprint density at radius 2 is 2.60 bits per heavy atom. The van der Waals surface area contributed by atoms with Crippen LogP contribution < -0.4 is 5.32 Å². The third-order valence-corrected chi connectivity index (χ3v) is 1.44. The quantitative estimate of drug-likeness (QED) is 0.517. The molecule has 0 aromatic heterocycles. The summed E-state index contributed by atoms with van der Waals surface area (Å²) in [5.74, 6) is -0.324. The number of aliphatic hydroxyl groups is 1. The van der Waals surface area contributed by atoms with Gasteiger partial charge in [0.05, 0.1) is 12.6 Å². The minimum atomic E-state index is -0.434. The van der Waals surface area contributed by atoms with E-state index in [1.54, 1.807) is 0 Å². The molecule has 0 aromatic rings. The summed E-state index contributed by atoms with van der Waals surface area (Å²) in [7, 11) is 0. The third kappa shape index (κ3) is 1.97. The number of nitrogens with one attached hydrogen (secondary N) is 1. The van der Waals surface area contributed by atoms with E-state index in [2.05, 4.69) is 5.32 Å². The van der Waals surface area contributed by atoms with Gasteiger partial charge in [-0.3, -0.25) is 4.79 Å². The maximum Gasteiger partial charge on any atom is 0.246 e. The lowest BCUT2D eigenvalue weighted by Gasteiger charge is -2.07. The van der Waals surface area contributed by atoms with E-state index in [1.165, 1.54) is 0 Å². The molecule has 0 radical (unpaired) electrons. The normalized spacial score (nSPS) is 24.7. The van der Waals surface area contributed by atoms with Crippen LogP contribution in [-0.2, 0) is 9.53 Å². The second-order valence-corrected chi connectivity index (χ2v) is 2.29. The first-order chi connectivity index (χ1) is 4.83. The lowest BCUT2D eigenvalue weighted by atomic mass is 10.2. The fourth-order valence-corrected chi connectivity index (χ4v) is 0.922. The lowest BCUT2D eigenvalue weighted by molar-refractivity contribution is -0.124. The van der Waals surface area contributed by atoms with Gasteiger partial charge in [-0.05, 0) is 6.42 Å². The Balaban J connectivity index is 2.17. The molecule has 1 aliphatic heterocycles. The summed E-state index contributed by atoms with van der Waals surface area (Å²) in [5.41, 5.74) is 0. The van der Waals surface area contributed by atoms with Crippen molar-refractivity contribution in [1.82, 2.24) is 5.32 Å². The Labute approximate surface area is 59.2 Å². The molecule has 0 aromatic carbocycles. The van der Waals surface area contributed by atoms with E-state index in [-0.39, 0.29) is 11.9 Å². The van der Waals surface area contributed by atoms with Crippen molar-refractivity contribution in [3.63, 3.8) is 0 Å². The highest BCUT2D eigenvalue weighted by Gasteiger charge is 2.16. The molecule has 1 aliphatic rings. The topological polar surface area (TPSA) is 58.6 Å². The largest absolute Gasteiger partial charge is 0.387 e. The fourth-order valence-electron chi connectivity index (χ4n) is 0.922. The molecule has 0 aliphatic carbocycles. The predicted molar refractivity (Wildman–Crippen MR) is 34.5 cm³/mol. The number of hydrogen-bond acceptors (Lipinski definition) is 3. The van der Waals surface area contributed by atoms with Gasteiger partial charge in [0, 0.05) is 6.61 Å². The number of amides is 1. The number of carbonyl (C=O) groups excluding carboxylic acids is 1. The summed E-state index contributed by atoms with van der Waals surface area (Å²) < 4.78 is 5.01. The number of aliphatic hydroxyl groups excluding tert-OH is 1. The Morgan fingerprint density at radius 3 is 3.10 bits per heavy atom. The van der Waals surface area contributed by atoms with E-state index >= 15 is 0 Å². The molecule has 0 unspecified atom stereocenters. The summed E-state index contributed by atoms with van der Waals surface area (Å²) in [6, 6.07) is 0.111. The Hall–Kier alpha value is -0.610. The van der Waals surface area contributed by atoms with Crippen LogP contribution in [0.5, 0.6) is 0 Å². The molecule has 4 nitrogen and oxygen atoms in total. The van der Waals surface area contributed by atoms with E-state index in [1.807, 2.05) is 0 Å². The van der Waals surface area contributed by atoms with Gasteiger partial charge >= 0.3 is 0 Å². The van der Waals surface area contributed by atoms with Crippen LogP contribution in [-0.4, -0.2) is 36.9 Å². The molecule has 1 rings (SSSR count). The smallest absolute Gasteiger partial charge is 0.246 e. The van der Waals surface area contributed by atoms with Crippen LogP contribution in [0, 0.1) is 0 Å². The molecular weight excluding hydrogens is 134 g/mol. The number of hydrogen-bond donors (Lipinski definition) is 2. The van der Waals surface area contributed by atoms with Crippen molar-refractivity contribution >= 4 is 5.91 Å². The third-order valence-electron chi connectivity index (χ3n) is 1.44. The average molecular weight is 145 g/mol. The molecule has 58 valence electrons. The van der Waals surface area contributed by atoms with Gasteiger partial charge in [-0.15, -0.1) is 0 Å². The number of ether oxygens (including phenoxy) is 1. The predicted octanol–water partition coefficient (Wildman–Crippen LogP) is -1.12. The maximum atomic E-state index is 10.6. The second-order valence-electron chi connectivity index (χ2n) is 2.29. The SMILES string of the molecule is O=C(CO)N[C@H]1CCOC1. The van der Waals surface area contributed by atoms with Crippen molar-refractivity contribution in [2.45, 2.75) is 12.5 Å². The monoisotopic (exact) mass is 145 g/mol. The molecule has 1 amide bonds. The number of rotatable bonds is 2. The van der Waals surface area contributed by atoms with Gasteiger partial charge in [0.15, 0.2) is 0 Å². The molecule has 0 bridgehead atoms. The van der Waals surface area contributed by atoms with Crippen molar-refractivity contribution in [1.29, 1.82) is 0 Å². The first-order valence-electron chi connectivity index (χ1n) is 3.31. The number of carbonyl (C=O) groups is 1. The van der Waals surface area contributed by atoms with Crippen LogP contribution in [0.2, 0.25) is 0 Å². The van der Waals surface area contributed by atoms with Crippen LogP contribution >= 0.6 is 0 Å². The van der Waals surface area contributed by atoms with Crippen molar-refractivity contribution in [2.24, 2.45) is 0 Å². The van der Waals surface area contributed by atoms with Crippen LogP contribution in [0.3, 0.4) is 0 Å². The van der Waals surface area contributed by atoms with Gasteiger partial charge in [-0.25, -0.2) is 0 Å². The van der Waals surface area contributed by atoms with E-state index < -0.39 is 6.61 Å². The molecular formula is C6H11NO3. The van der Waals surface area contributed by atoms with Crippen molar-refractivity contribution in [2.75, 3.05) is 19.8 Å². The second kappa shape index (κ2) is 3.53. The van der Waals surface area contributed by atoms with E-state index in [9.17, 15) is 4.79 Å². The highest BCUT2D eigenvalue weighted by atomic mass is 16.5. The van der Waals surface area contributed by atoms with E-state index in [0.717, 1.165) is 6.42 Å². The standard InChI is InChI=1S/C6H11NO3/c8-3-6(9)7-5-1-2-10-4-5/h5,8H,1-4H2,(H,7,9)/t5-/m0/s1. The Kier molecular flexibility index (Phi) is 2.65. The van der Waals surface area contributed by atoms with Gasteiger partial charge in [-0.2, -0.15) is 0 Å². The highest BCUT2D eigenvalue weighted by molar-refractivity contribution is 5.77. The van der Waals surface area contributed by atoms with Gasteiger partial charge < -0.3 is 15.2 Å². The zero-order valence-electron chi connectivity index (χ0n) is 5.67. The Morgan fingerprint density at radius 1 is 1.80 bits per heavy atom. The van der Waals surface area contributed by atoms with Crippen molar-refractivity contribution in [3.05, 3.63) is 0 Å². The van der Waals surface area contributed by atoms with E-state index in [0.29, 0.717) is 13.2 Å². The first-order valence-corrected chi connectivity index (χ1v) is 3.31. The average Bonchev–Trinajstić information content (AvgIpc) is 2.40. The fraction of sp³-hybridized carbons (Fsp3) is 0.833. The lowest BCUT2D eigenvalue weighted by Crippen LogP contribution is -2.36. The minimum Gasteiger partial charge on any atom is -0.387 e. The molecule has 1 fully saturated rings. The molecule has 1 heterocycles. The van der Waals surface area contributed by atoms with Crippen molar-refractivity contribution < 1.29 is 14.6 Å². The van der Waals surface area contributed by atoms with Crippen LogP contribution in [0.15, 0.2) is 0 Å². The first kappa shape index (κ1) is 7.50. The molecule has 0 saturated carbocycles. The molecule has 4 heteroatoms. The van der Waals surface area contributed by atoms with Crippen LogP contribution in [0.1, 0.15) is 6.42 Å². The summed E-state index contributed by atoms with van der Waals surface area (Å²) in [5, 5.41) is 11.0. The summed E-state index contributed by atoms with van der Waals surface area (Å²) in [6.45, 7) is 0.846. The molecule has 1 atom stereocenters.